The minimum Gasteiger partial charge on any atom is -0.748 e. The second-order valence-electron chi connectivity index (χ2n) is 5.17. The Labute approximate surface area is 166 Å². The van der Waals surface area contributed by atoms with E-state index < -0.39 is 8.38 Å². The quantitative estimate of drug-likeness (QED) is 0.235. The van der Waals surface area contributed by atoms with Crippen LogP contribution in [0.1, 0.15) is 0 Å². The van der Waals surface area contributed by atoms with Crippen molar-refractivity contribution in [3.8, 4) is 11.5 Å². The molecule has 0 amide bonds. The minimum absolute atomic E-state index is 0. The summed E-state index contributed by atoms with van der Waals surface area (Å²) in [4.78, 5) is 0. The third kappa shape index (κ3) is 6.54. The van der Waals surface area contributed by atoms with E-state index in [1.807, 2.05) is 115 Å². The number of hydrogen-bond acceptors (Lipinski definition) is 2. The maximum atomic E-state index is 6.01. The van der Waals surface area contributed by atoms with Gasteiger partial charge in [0.2, 0.25) is 0 Å². The van der Waals surface area contributed by atoms with Crippen molar-refractivity contribution in [1.82, 2.24) is 0 Å². The van der Waals surface area contributed by atoms with E-state index in [1.54, 1.807) is 0 Å². The van der Waals surface area contributed by atoms with Crippen molar-refractivity contribution in [2.45, 2.75) is 0 Å². The molecule has 0 saturated carbocycles. The number of rotatable bonds is 5. The first-order chi connectivity index (χ1) is 12.4. The summed E-state index contributed by atoms with van der Waals surface area (Å²) in [6, 6.07) is 37.5. The normalized spacial score (nSPS) is 9.58. The van der Waals surface area contributed by atoms with Crippen LogP contribution in [0.25, 0.3) is 0 Å². The average Bonchev–Trinajstić information content (AvgIpc) is 3.39. The van der Waals surface area contributed by atoms with Gasteiger partial charge in [-0.1, -0.05) is 41.7 Å². The van der Waals surface area contributed by atoms with Crippen LogP contribution in [0.15, 0.2) is 115 Å². The Kier molecular flexibility index (Phi) is 8.72. The van der Waals surface area contributed by atoms with E-state index in [0.717, 1.165) is 16.8 Å². The zero-order valence-electron chi connectivity index (χ0n) is 14.1. The van der Waals surface area contributed by atoms with E-state index in [9.17, 15) is 0 Å². The van der Waals surface area contributed by atoms with Gasteiger partial charge < -0.3 is 39.4 Å². The Morgan fingerprint density at radius 1 is 0.577 bits per heavy atom. The van der Waals surface area contributed by atoms with Crippen molar-refractivity contribution in [2.24, 2.45) is 0 Å². The molecule has 4 heteroatoms. The van der Waals surface area contributed by atoms with Gasteiger partial charge in [0, 0.05) is 17.1 Å². The van der Waals surface area contributed by atoms with E-state index in [0.29, 0.717) is 0 Å². The third-order valence-electron chi connectivity index (χ3n) is 3.27. The summed E-state index contributed by atoms with van der Waals surface area (Å²) in [6.07, 6.45) is 0. The summed E-state index contributed by atoms with van der Waals surface area (Å²) >= 11 is 0. The van der Waals surface area contributed by atoms with Gasteiger partial charge in [0.15, 0.2) is 0 Å². The van der Waals surface area contributed by atoms with Gasteiger partial charge in [-0.25, -0.2) is 12.1 Å². The summed E-state index contributed by atoms with van der Waals surface area (Å²) in [5, 5.41) is 1.06. The van der Waals surface area contributed by atoms with E-state index >= 15 is 0 Å². The molecule has 0 atom stereocenters. The summed E-state index contributed by atoms with van der Waals surface area (Å²) in [5.41, 5.74) is 0. The molecule has 2 nitrogen and oxygen atoms in total. The molecular formula is C22H19FeO2P-6. The first kappa shape index (κ1) is 20.0. The topological polar surface area (TPSA) is 18.5 Å². The molecule has 4 aromatic rings. The molecular weight excluding hydrogens is 383 g/mol. The Morgan fingerprint density at radius 2 is 0.962 bits per heavy atom. The first-order valence-electron chi connectivity index (χ1n) is 8.06. The van der Waals surface area contributed by atoms with Gasteiger partial charge in [0.25, 0.3) is 8.38 Å². The molecule has 26 heavy (non-hydrogen) atoms. The van der Waals surface area contributed by atoms with Crippen LogP contribution >= 0.6 is 8.38 Å². The minimum atomic E-state index is -1.17. The van der Waals surface area contributed by atoms with Crippen LogP contribution < -0.4 is 14.4 Å². The fraction of sp³-hybridized carbons (Fsp3) is 0. The molecule has 0 heterocycles. The molecule has 0 N–H and O–H groups in total. The van der Waals surface area contributed by atoms with E-state index in [2.05, 4.69) is 0 Å². The molecule has 0 aliphatic rings. The predicted octanol–water partition coefficient (Wildman–Crippen LogP) is 5.90. The Morgan fingerprint density at radius 3 is 1.35 bits per heavy atom. The van der Waals surface area contributed by atoms with Crippen molar-refractivity contribution in [1.29, 1.82) is 0 Å². The van der Waals surface area contributed by atoms with Crippen molar-refractivity contribution in [3.05, 3.63) is 115 Å². The Balaban J connectivity index is 0.000000351. The maximum Gasteiger partial charge on any atom is 0.260 e. The van der Waals surface area contributed by atoms with Gasteiger partial charge in [0.1, 0.15) is 11.5 Å². The predicted molar refractivity (Wildman–Crippen MR) is 105 cm³/mol. The average molecular weight is 402 g/mol. The largest absolute Gasteiger partial charge is 0.748 e. The van der Waals surface area contributed by atoms with Gasteiger partial charge in [0.05, 0.1) is 0 Å². The molecule has 138 valence electrons. The zero-order valence-corrected chi connectivity index (χ0v) is 16.1. The van der Waals surface area contributed by atoms with Crippen molar-refractivity contribution in [2.75, 3.05) is 0 Å². The SMILES string of the molecule is [Fe].[cH-]1[cH-][cH-][cH-][cH-]1.c1ccc(OP(Oc2ccccc2)[c-]2cccc2)cc1. The van der Waals surface area contributed by atoms with Crippen LogP contribution in [0.3, 0.4) is 0 Å². The van der Waals surface area contributed by atoms with Gasteiger partial charge in [-0.15, -0.1) is 0 Å². The van der Waals surface area contributed by atoms with Crippen LogP contribution in [0.4, 0.5) is 0 Å². The van der Waals surface area contributed by atoms with Crippen LogP contribution in [0.2, 0.25) is 0 Å². The monoisotopic (exact) mass is 402 g/mol. The molecule has 0 aliphatic carbocycles. The smallest absolute Gasteiger partial charge is 0.260 e. The molecule has 4 rings (SSSR count). The van der Waals surface area contributed by atoms with Crippen LogP contribution in [0, 0.1) is 0 Å². The van der Waals surface area contributed by atoms with Crippen molar-refractivity contribution in [3.63, 3.8) is 0 Å². The maximum absolute atomic E-state index is 6.01. The molecule has 4 aromatic carbocycles. The fourth-order valence-corrected chi connectivity index (χ4v) is 3.37. The van der Waals surface area contributed by atoms with Gasteiger partial charge in [-0.2, -0.15) is 12.1 Å². The zero-order chi connectivity index (χ0) is 17.2. The molecule has 0 saturated heterocycles. The Hall–Kier alpha value is -2.31. The van der Waals surface area contributed by atoms with E-state index in [4.69, 9.17) is 9.05 Å². The van der Waals surface area contributed by atoms with Crippen molar-refractivity contribution >= 4 is 13.7 Å². The van der Waals surface area contributed by atoms with Crippen LogP contribution in [-0.2, 0) is 17.1 Å². The number of para-hydroxylation sites is 2. The van der Waals surface area contributed by atoms with Crippen LogP contribution in [0.5, 0.6) is 11.5 Å². The summed E-state index contributed by atoms with van der Waals surface area (Å²) < 4.78 is 12.0. The van der Waals surface area contributed by atoms with E-state index in [-0.39, 0.29) is 17.1 Å². The van der Waals surface area contributed by atoms with Crippen molar-refractivity contribution < 1.29 is 26.1 Å². The molecule has 0 aromatic heterocycles. The number of hydrogen-bond donors (Lipinski definition) is 0. The summed E-state index contributed by atoms with van der Waals surface area (Å²) in [7, 11) is -1.17. The second-order valence-corrected chi connectivity index (χ2v) is 6.57. The van der Waals surface area contributed by atoms with Gasteiger partial charge in [-0.05, 0) is 24.3 Å². The molecule has 0 bridgehead atoms. The molecule has 0 spiro atoms. The molecule has 0 radical (unpaired) electrons. The third-order valence-corrected chi connectivity index (χ3v) is 4.75. The molecule has 0 aliphatic heterocycles. The van der Waals surface area contributed by atoms with Crippen LogP contribution in [-0.4, -0.2) is 0 Å². The Bertz CT molecular complexity index is 741. The standard InChI is InChI=1S/C17H14O2P.C5H5.Fe/c1-3-9-15(10-4-1)18-20(17-13-7-8-14-17)19-16-11-5-2-6-12-16;1-2-4-5-3-1;/h1-14H;1-5H;/q-1;-5;. The molecule has 0 fully saturated rings. The molecule has 0 unspecified atom stereocenters. The summed E-state index contributed by atoms with van der Waals surface area (Å²) in [5.74, 6) is 1.63. The number of benzene rings is 2. The van der Waals surface area contributed by atoms with Gasteiger partial charge >= 0.3 is 0 Å². The first-order valence-corrected chi connectivity index (χ1v) is 9.24. The van der Waals surface area contributed by atoms with E-state index in [1.165, 1.54) is 0 Å². The van der Waals surface area contributed by atoms with Gasteiger partial charge in [-0.3, -0.25) is 0 Å². The fourth-order valence-electron chi connectivity index (χ4n) is 2.08. The second kappa shape index (κ2) is 11.3. The summed E-state index contributed by atoms with van der Waals surface area (Å²) in [6.45, 7) is 0.